The number of amides is 2. The maximum atomic E-state index is 14.5. The molecule has 3 aliphatic heterocycles. The van der Waals surface area contributed by atoms with E-state index in [2.05, 4.69) is 10.6 Å². The zero-order valence-corrected chi connectivity index (χ0v) is 13.3. The van der Waals surface area contributed by atoms with Crippen LogP contribution in [-0.2, 0) is 9.53 Å². The molecule has 3 aliphatic rings. The van der Waals surface area contributed by atoms with Crippen molar-refractivity contribution in [3.63, 3.8) is 0 Å². The molecule has 7 nitrogen and oxygen atoms in total. The fraction of sp³-hybridized carbons (Fsp3) is 0.500. The van der Waals surface area contributed by atoms with Crippen molar-refractivity contribution in [2.45, 2.75) is 25.1 Å². The van der Waals surface area contributed by atoms with Crippen LogP contribution in [0.3, 0.4) is 0 Å². The van der Waals surface area contributed by atoms with Gasteiger partial charge in [-0.25, -0.2) is 9.18 Å². The number of hydrogen-bond donors (Lipinski definition) is 2. The normalized spacial score (nSPS) is 27.9. The first kappa shape index (κ1) is 15.2. The van der Waals surface area contributed by atoms with Crippen LogP contribution in [0.5, 0.6) is 0 Å². The van der Waals surface area contributed by atoms with Crippen LogP contribution in [0.2, 0.25) is 0 Å². The third kappa shape index (κ3) is 2.77. The smallest absolute Gasteiger partial charge is 0.414 e. The Kier molecular flexibility index (Phi) is 3.56. The molecule has 0 aromatic heterocycles. The molecule has 0 radical (unpaired) electrons. The summed E-state index contributed by atoms with van der Waals surface area (Å²) in [4.78, 5) is 26.3. The molecule has 8 heteroatoms. The van der Waals surface area contributed by atoms with E-state index in [-0.39, 0.29) is 24.8 Å². The van der Waals surface area contributed by atoms with Gasteiger partial charge in [0.05, 0.1) is 24.5 Å². The van der Waals surface area contributed by atoms with Crippen molar-refractivity contribution in [2.75, 3.05) is 36.0 Å². The topological polar surface area (TPSA) is 83.8 Å². The third-order valence-corrected chi connectivity index (χ3v) is 4.68. The van der Waals surface area contributed by atoms with Crippen molar-refractivity contribution in [3.8, 4) is 0 Å². The van der Waals surface area contributed by atoms with Crippen molar-refractivity contribution >= 4 is 23.4 Å². The Morgan fingerprint density at radius 1 is 1.38 bits per heavy atom. The highest BCUT2D eigenvalue weighted by Gasteiger charge is 2.45. The van der Waals surface area contributed by atoms with Gasteiger partial charge < -0.3 is 20.3 Å². The lowest BCUT2D eigenvalue weighted by molar-refractivity contribution is -0.119. The van der Waals surface area contributed by atoms with E-state index in [0.29, 0.717) is 23.5 Å². The van der Waals surface area contributed by atoms with Gasteiger partial charge in [-0.1, -0.05) is 0 Å². The average molecular weight is 334 g/mol. The molecule has 128 valence electrons. The zero-order valence-electron chi connectivity index (χ0n) is 13.3. The van der Waals surface area contributed by atoms with Crippen LogP contribution >= 0.6 is 0 Å². The van der Waals surface area contributed by atoms with Crippen molar-refractivity contribution in [3.05, 3.63) is 24.0 Å². The van der Waals surface area contributed by atoms with Crippen molar-refractivity contribution in [1.29, 1.82) is 0 Å². The Bertz CT molecular complexity index is 688. The number of piperazine rings is 1. The minimum atomic E-state index is -0.524. The van der Waals surface area contributed by atoms with E-state index in [1.54, 1.807) is 12.1 Å². The summed E-state index contributed by atoms with van der Waals surface area (Å²) in [6.45, 7) is 3.56. The highest BCUT2D eigenvalue weighted by atomic mass is 19.1. The van der Waals surface area contributed by atoms with Crippen molar-refractivity contribution in [1.82, 2.24) is 10.6 Å². The summed E-state index contributed by atoms with van der Waals surface area (Å²) >= 11 is 0. The van der Waals surface area contributed by atoms with E-state index in [1.807, 2.05) is 4.90 Å². The number of carbonyl (C=O) groups is 2. The van der Waals surface area contributed by atoms with Gasteiger partial charge in [0.25, 0.3) is 0 Å². The second-order valence-electron chi connectivity index (χ2n) is 6.47. The number of benzene rings is 1. The lowest BCUT2D eigenvalue weighted by Crippen LogP contribution is -2.33. The Balaban J connectivity index is 1.45. The quantitative estimate of drug-likeness (QED) is 0.781. The molecule has 0 spiro atoms. The SMILES string of the molecule is CC(=O)NC[C@H]1CN(c2ccc(N3CC4NC4C3)c(F)c2)C(=O)O1. The molecule has 3 atom stereocenters. The molecular weight excluding hydrogens is 315 g/mol. The molecule has 3 heterocycles. The van der Waals surface area contributed by atoms with E-state index in [4.69, 9.17) is 4.74 Å². The molecule has 1 aromatic rings. The summed E-state index contributed by atoms with van der Waals surface area (Å²) in [6.07, 6.45) is -0.954. The molecular formula is C16H19FN4O3. The second kappa shape index (κ2) is 5.62. The molecule has 3 saturated heterocycles. The van der Waals surface area contributed by atoms with Crippen LogP contribution < -0.4 is 20.4 Å². The fourth-order valence-electron chi connectivity index (χ4n) is 3.34. The van der Waals surface area contributed by atoms with Gasteiger partial charge in [0.15, 0.2) is 0 Å². The average Bonchev–Trinajstić information content (AvgIpc) is 2.97. The molecule has 3 fully saturated rings. The van der Waals surface area contributed by atoms with Gasteiger partial charge in [0.2, 0.25) is 5.91 Å². The molecule has 2 unspecified atom stereocenters. The lowest BCUT2D eigenvalue weighted by atomic mass is 10.2. The number of ether oxygens (including phenoxy) is 1. The minimum Gasteiger partial charge on any atom is -0.442 e. The third-order valence-electron chi connectivity index (χ3n) is 4.68. The van der Waals surface area contributed by atoms with E-state index >= 15 is 0 Å². The van der Waals surface area contributed by atoms with Crippen LogP contribution in [0.25, 0.3) is 0 Å². The lowest BCUT2D eigenvalue weighted by Gasteiger charge is -2.22. The molecule has 1 aromatic carbocycles. The predicted molar refractivity (Wildman–Crippen MR) is 85.6 cm³/mol. The molecule has 2 N–H and O–H groups in total. The maximum absolute atomic E-state index is 14.5. The first-order valence-corrected chi connectivity index (χ1v) is 8.04. The summed E-state index contributed by atoms with van der Waals surface area (Å²) in [5, 5.41) is 5.93. The van der Waals surface area contributed by atoms with Crippen LogP contribution in [-0.4, -0.2) is 56.4 Å². The summed E-state index contributed by atoms with van der Waals surface area (Å²) in [7, 11) is 0. The van der Waals surface area contributed by atoms with Gasteiger partial charge in [0, 0.05) is 32.1 Å². The van der Waals surface area contributed by atoms with Gasteiger partial charge in [-0.15, -0.1) is 0 Å². The van der Waals surface area contributed by atoms with Gasteiger partial charge in [-0.05, 0) is 18.2 Å². The van der Waals surface area contributed by atoms with Gasteiger partial charge in [0.1, 0.15) is 11.9 Å². The Morgan fingerprint density at radius 2 is 2.12 bits per heavy atom. The first-order valence-electron chi connectivity index (χ1n) is 8.04. The molecule has 24 heavy (non-hydrogen) atoms. The number of halogens is 1. The zero-order chi connectivity index (χ0) is 16.8. The van der Waals surface area contributed by atoms with Crippen LogP contribution in [0.15, 0.2) is 18.2 Å². The summed E-state index contributed by atoms with van der Waals surface area (Å²) in [5.74, 6) is -0.523. The monoisotopic (exact) mass is 334 g/mol. The highest BCUT2D eigenvalue weighted by Crippen LogP contribution is 2.32. The van der Waals surface area contributed by atoms with Gasteiger partial charge in [-0.2, -0.15) is 0 Å². The second-order valence-corrected chi connectivity index (χ2v) is 6.47. The maximum Gasteiger partial charge on any atom is 0.414 e. The Labute approximate surface area is 138 Å². The number of anilines is 2. The van der Waals surface area contributed by atoms with Crippen LogP contribution in [0, 0.1) is 5.82 Å². The first-order chi connectivity index (χ1) is 11.5. The number of hydrogen-bond acceptors (Lipinski definition) is 5. The number of cyclic esters (lactones) is 1. The summed E-state index contributed by atoms with van der Waals surface area (Å²) in [5.41, 5.74) is 1.03. The standard InChI is InChI=1S/C16H19FN4O3/c1-9(22)18-5-11-6-21(16(23)24-11)10-2-3-15(12(17)4-10)20-7-13-14(8-20)19-13/h2-4,11,13-14,19H,5-8H2,1H3,(H,18,22)/t11-,13?,14?/m0/s1. The number of nitrogens with one attached hydrogen (secondary N) is 2. The predicted octanol–water partition coefficient (Wildman–Crippen LogP) is 0.447. The van der Waals surface area contributed by atoms with E-state index in [9.17, 15) is 14.0 Å². The number of carbonyl (C=O) groups excluding carboxylic acids is 2. The molecule has 4 rings (SSSR count). The minimum absolute atomic E-state index is 0.182. The van der Waals surface area contributed by atoms with E-state index in [1.165, 1.54) is 17.9 Å². The Morgan fingerprint density at radius 3 is 2.79 bits per heavy atom. The number of fused-ring (bicyclic) bond motifs is 1. The van der Waals surface area contributed by atoms with Crippen LogP contribution in [0.4, 0.5) is 20.6 Å². The highest BCUT2D eigenvalue weighted by molar-refractivity contribution is 5.90. The van der Waals surface area contributed by atoms with E-state index < -0.39 is 12.2 Å². The van der Waals surface area contributed by atoms with Crippen molar-refractivity contribution in [2.24, 2.45) is 0 Å². The summed E-state index contributed by atoms with van der Waals surface area (Å²) in [6, 6.07) is 5.77. The number of nitrogens with zero attached hydrogens (tertiary/aromatic N) is 2. The van der Waals surface area contributed by atoms with E-state index in [0.717, 1.165) is 13.1 Å². The van der Waals surface area contributed by atoms with Crippen molar-refractivity contribution < 1.29 is 18.7 Å². The molecule has 0 bridgehead atoms. The Hall–Kier alpha value is -2.35. The molecule has 0 saturated carbocycles. The van der Waals surface area contributed by atoms with Gasteiger partial charge >= 0.3 is 6.09 Å². The largest absolute Gasteiger partial charge is 0.442 e. The number of rotatable bonds is 4. The molecule has 2 amide bonds. The van der Waals surface area contributed by atoms with Gasteiger partial charge in [-0.3, -0.25) is 9.69 Å². The summed E-state index contributed by atoms with van der Waals surface area (Å²) < 4.78 is 19.7. The fourth-order valence-corrected chi connectivity index (χ4v) is 3.34. The van der Waals surface area contributed by atoms with Crippen LogP contribution in [0.1, 0.15) is 6.92 Å². The molecule has 0 aliphatic carbocycles.